The van der Waals surface area contributed by atoms with Crippen molar-refractivity contribution in [3.8, 4) is 0 Å². The first-order valence-electron chi connectivity index (χ1n) is 5.96. The van der Waals surface area contributed by atoms with Crippen molar-refractivity contribution in [2.24, 2.45) is 0 Å². The van der Waals surface area contributed by atoms with Crippen molar-refractivity contribution in [2.45, 2.75) is 32.8 Å². The highest BCUT2D eigenvalue weighted by molar-refractivity contribution is 5.93. The van der Waals surface area contributed by atoms with Gasteiger partial charge in [-0.15, -0.1) is 0 Å². The van der Waals surface area contributed by atoms with Crippen LogP contribution >= 0.6 is 0 Å². The molecule has 100 valence electrons. The summed E-state index contributed by atoms with van der Waals surface area (Å²) in [7, 11) is 1.60. The molecule has 0 radical (unpaired) electrons. The molecule has 1 unspecified atom stereocenters. The number of esters is 1. The Hall–Kier alpha value is -1.69. The monoisotopic (exact) mass is 253 g/mol. The summed E-state index contributed by atoms with van der Waals surface area (Å²) in [4.78, 5) is 19.8. The highest BCUT2D eigenvalue weighted by Gasteiger charge is 2.18. The van der Waals surface area contributed by atoms with Gasteiger partial charge in [0.15, 0.2) is 5.82 Å². The molecule has 0 spiro atoms. The highest BCUT2D eigenvalue weighted by Crippen LogP contribution is 2.20. The molecule has 1 aromatic rings. The minimum atomic E-state index is -0.508. The molecule has 0 aliphatic carbocycles. The first-order valence-corrected chi connectivity index (χ1v) is 5.96. The Bertz CT molecular complexity index is 410. The van der Waals surface area contributed by atoms with Crippen LogP contribution in [0.25, 0.3) is 0 Å². The van der Waals surface area contributed by atoms with Gasteiger partial charge in [0.1, 0.15) is 17.5 Å². The van der Waals surface area contributed by atoms with E-state index in [0.717, 1.165) is 12.8 Å². The van der Waals surface area contributed by atoms with Gasteiger partial charge in [0, 0.05) is 13.3 Å². The summed E-state index contributed by atoms with van der Waals surface area (Å²) in [5.74, 6) is 0.104. The highest BCUT2D eigenvalue weighted by atomic mass is 16.5. The van der Waals surface area contributed by atoms with Crippen molar-refractivity contribution >= 4 is 11.8 Å². The van der Waals surface area contributed by atoms with Gasteiger partial charge < -0.3 is 15.2 Å². The Balaban J connectivity index is 2.94. The molecule has 0 saturated carbocycles. The second kappa shape index (κ2) is 6.90. The van der Waals surface area contributed by atoms with Gasteiger partial charge in [-0.05, 0) is 13.3 Å². The number of methoxy groups -OCH3 is 1. The summed E-state index contributed by atoms with van der Waals surface area (Å²) in [6, 6.07) is 0. The fourth-order valence-electron chi connectivity index (χ4n) is 1.55. The van der Waals surface area contributed by atoms with E-state index in [1.807, 2.05) is 6.92 Å². The molecule has 1 heterocycles. The molecule has 6 nitrogen and oxygen atoms in total. The number of hydrogen-bond donors (Lipinski definition) is 1. The smallest absolute Gasteiger partial charge is 0.343 e. The van der Waals surface area contributed by atoms with Crippen LogP contribution in [0.5, 0.6) is 0 Å². The molecule has 0 aliphatic heterocycles. The van der Waals surface area contributed by atoms with Crippen LogP contribution in [-0.2, 0) is 9.47 Å². The van der Waals surface area contributed by atoms with Crippen molar-refractivity contribution in [1.82, 2.24) is 9.97 Å². The van der Waals surface area contributed by atoms with Crippen LogP contribution in [0.2, 0.25) is 0 Å². The Morgan fingerprint density at radius 2 is 2.22 bits per heavy atom. The van der Waals surface area contributed by atoms with E-state index in [1.54, 1.807) is 14.0 Å². The number of aromatic nitrogens is 2. The first-order chi connectivity index (χ1) is 8.63. The third-order valence-electron chi connectivity index (χ3n) is 2.46. The lowest BCUT2D eigenvalue weighted by Crippen LogP contribution is -2.14. The van der Waals surface area contributed by atoms with Crippen LogP contribution in [0, 0.1) is 0 Å². The van der Waals surface area contributed by atoms with E-state index >= 15 is 0 Å². The van der Waals surface area contributed by atoms with E-state index in [9.17, 15) is 4.79 Å². The van der Waals surface area contributed by atoms with Crippen LogP contribution < -0.4 is 5.73 Å². The lowest BCUT2D eigenvalue weighted by atomic mass is 10.2. The summed E-state index contributed by atoms with van der Waals surface area (Å²) in [6.07, 6.45) is 2.93. The second-order valence-electron chi connectivity index (χ2n) is 3.76. The van der Waals surface area contributed by atoms with Crippen molar-refractivity contribution in [2.75, 3.05) is 19.5 Å². The van der Waals surface area contributed by atoms with Crippen LogP contribution in [0.4, 0.5) is 5.82 Å². The summed E-state index contributed by atoms with van der Waals surface area (Å²) in [6.45, 7) is 4.06. The number of carbonyl (C=O) groups excluding carboxylic acids is 1. The number of carbonyl (C=O) groups is 1. The predicted octanol–water partition coefficient (Wildman–Crippen LogP) is 1.72. The van der Waals surface area contributed by atoms with Crippen molar-refractivity contribution < 1.29 is 14.3 Å². The van der Waals surface area contributed by atoms with Gasteiger partial charge in [0.2, 0.25) is 0 Å². The van der Waals surface area contributed by atoms with Gasteiger partial charge in [-0.25, -0.2) is 14.8 Å². The third-order valence-corrected chi connectivity index (χ3v) is 2.46. The molecule has 0 bridgehead atoms. The molecule has 1 rings (SSSR count). The third kappa shape index (κ3) is 3.40. The average molecular weight is 253 g/mol. The lowest BCUT2D eigenvalue weighted by Gasteiger charge is -2.13. The zero-order valence-electron chi connectivity index (χ0n) is 11.0. The number of hydrogen-bond acceptors (Lipinski definition) is 6. The number of nitrogens with zero attached hydrogens (tertiary/aromatic N) is 2. The molecular formula is C12H19N3O3. The fourth-order valence-corrected chi connectivity index (χ4v) is 1.55. The van der Waals surface area contributed by atoms with Gasteiger partial charge in [-0.2, -0.15) is 0 Å². The topological polar surface area (TPSA) is 87.3 Å². The number of nitrogens with two attached hydrogens (primary N) is 1. The SMILES string of the molecule is CCCC(OC)c1ncc(C(=O)OCC)c(N)n1. The lowest BCUT2D eigenvalue weighted by molar-refractivity contribution is 0.0525. The number of nitrogen functional groups attached to an aromatic ring is 1. The number of ether oxygens (including phenoxy) is 2. The molecule has 18 heavy (non-hydrogen) atoms. The molecular weight excluding hydrogens is 234 g/mol. The largest absolute Gasteiger partial charge is 0.462 e. The average Bonchev–Trinajstić information content (AvgIpc) is 2.36. The molecule has 0 aromatic carbocycles. The molecule has 0 aliphatic rings. The van der Waals surface area contributed by atoms with E-state index in [0.29, 0.717) is 5.82 Å². The molecule has 0 fully saturated rings. The van der Waals surface area contributed by atoms with E-state index in [2.05, 4.69) is 9.97 Å². The molecule has 1 atom stereocenters. The van der Waals surface area contributed by atoms with E-state index in [-0.39, 0.29) is 24.1 Å². The Labute approximate surface area is 107 Å². The molecule has 2 N–H and O–H groups in total. The van der Waals surface area contributed by atoms with E-state index in [1.165, 1.54) is 6.20 Å². The van der Waals surface area contributed by atoms with Crippen LogP contribution in [0.15, 0.2) is 6.20 Å². The molecule has 0 saturated heterocycles. The van der Waals surface area contributed by atoms with Gasteiger partial charge in [-0.3, -0.25) is 0 Å². The maximum atomic E-state index is 11.5. The Morgan fingerprint density at radius 3 is 2.72 bits per heavy atom. The fraction of sp³-hybridized carbons (Fsp3) is 0.583. The maximum absolute atomic E-state index is 11.5. The summed E-state index contributed by atoms with van der Waals surface area (Å²) in [5.41, 5.74) is 5.92. The summed E-state index contributed by atoms with van der Waals surface area (Å²) in [5, 5.41) is 0. The van der Waals surface area contributed by atoms with Crippen molar-refractivity contribution in [3.63, 3.8) is 0 Å². The standard InChI is InChI=1S/C12H19N3O3/c1-4-6-9(17-3)11-14-7-8(10(13)15-11)12(16)18-5-2/h7,9H,4-6H2,1-3H3,(H2,13,14,15). The van der Waals surface area contributed by atoms with Gasteiger partial charge >= 0.3 is 5.97 Å². The van der Waals surface area contributed by atoms with Gasteiger partial charge in [0.25, 0.3) is 0 Å². The van der Waals surface area contributed by atoms with E-state index in [4.69, 9.17) is 15.2 Å². The Kier molecular flexibility index (Phi) is 5.51. The first kappa shape index (κ1) is 14.4. The van der Waals surface area contributed by atoms with Crippen LogP contribution in [0.1, 0.15) is 49.0 Å². The number of rotatable bonds is 6. The molecule has 1 aromatic heterocycles. The summed E-state index contributed by atoms with van der Waals surface area (Å²) >= 11 is 0. The van der Waals surface area contributed by atoms with Crippen molar-refractivity contribution in [3.05, 3.63) is 17.6 Å². The van der Waals surface area contributed by atoms with Crippen LogP contribution in [-0.4, -0.2) is 29.7 Å². The Morgan fingerprint density at radius 1 is 1.50 bits per heavy atom. The zero-order chi connectivity index (χ0) is 13.5. The van der Waals surface area contributed by atoms with Crippen molar-refractivity contribution in [1.29, 1.82) is 0 Å². The number of anilines is 1. The molecule has 6 heteroatoms. The van der Waals surface area contributed by atoms with Crippen LogP contribution in [0.3, 0.4) is 0 Å². The quantitative estimate of drug-likeness (QED) is 0.777. The van der Waals surface area contributed by atoms with E-state index < -0.39 is 5.97 Å². The zero-order valence-corrected chi connectivity index (χ0v) is 11.0. The normalized spacial score (nSPS) is 12.2. The van der Waals surface area contributed by atoms with Gasteiger partial charge in [0.05, 0.1) is 6.61 Å². The minimum absolute atomic E-state index is 0.122. The van der Waals surface area contributed by atoms with Gasteiger partial charge in [-0.1, -0.05) is 13.3 Å². The second-order valence-corrected chi connectivity index (χ2v) is 3.76. The minimum Gasteiger partial charge on any atom is -0.462 e. The predicted molar refractivity (Wildman–Crippen MR) is 67.1 cm³/mol. The summed E-state index contributed by atoms with van der Waals surface area (Å²) < 4.78 is 10.1. The maximum Gasteiger partial charge on any atom is 0.343 e. The molecule has 0 amide bonds.